The fraction of sp³-hybridized carbons (Fsp3) is 0.250. The molecule has 0 unspecified atom stereocenters. The van der Waals surface area contributed by atoms with E-state index in [1.807, 2.05) is 61.5 Å². The Hall–Kier alpha value is -3.35. The number of nitrogens with one attached hydrogen (secondary N) is 1. The Morgan fingerprint density at radius 3 is 2.44 bits per heavy atom. The molecule has 0 atom stereocenters. The molecule has 0 fully saturated rings. The molecule has 1 aromatic heterocycles. The van der Waals surface area contributed by atoms with E-state index in [1.165, 1.54) is 4.90 Å². The molecule has 0 bridgehead atoms. The number of hydrogen-bond donors (Lipinski definition) is 1. The molecule has 1 N–H and O–H groups in total. The van der Waals surface area contributed by atoms with Gasteiger partial charge in [0.05, 0.1) is 5.52 Å². The lowest BCUT2D eigenvalue weighted by atomic mass is 10.2. The summed E-state index contributed by atoms with van der Waals surface area (Å²) in [5.74, 6) is -0.899. The van der Waals surface area contributed by atoms with Crippen LogP contribution in [0.4, 0.5) is 5.69 Å². The quantitative estimate of drug-likeness (QED) is 0.678. The number of H-pyrrole nitrogens is 1. The minimum atomic E-state index is -0.621. The molecule has 0 aliphatic rings. The van der Waals surface area contributed by atoms with E-state index >= 15 is 0 Å². The molecule has 140 valence electrons. The largest absolute Gasteiger partial charge is 0.451 e. The van der Waals surface area contributed by atoms with Crippen LogP contribution in [0.1, 0.15) is 16.1 Å². The maximum atomic E-state index is 12.3. The Morgan fingerprint density at radius 1 is 1.04 bits per heavy atom. The lowest BCUT2D eigenvalue weighted by Gasteiger charge is -2.18. The van der Waals surface area contributed by atoms with Gasteiger partial charge in [-0.05, 0) is 23.8 Å². The summed E-state index contributed by atoms with van der Waals surface area (Å²) in [5.41, 5.74) is 3.02. The average molecular weight is 366 g/mol. The van der Waals surface area contributed by atoms with Gasteiger partial charge in [-0.2, -0.15) is 5.10 Å². The molecule has 2 aromatic carbocycles. The van der Waals surface area contributed by atoms with Gasteiger partial charge in [-0.15, -0.1) is 0 Å². The van der Waals surface area contributed by atoms with E-state index in [9.17, 15) is 9.59 Å². The standard InChI is InChI=1S/C20H22N4O3/c1-23(2)15-10-8-14(9-11-15)12-24(3)18(25)13-27-20(26)19-16-6-4-5-7-17(16)21-22-19/h4-11H,12-13H2,1-3H3,(H,21,22). The van der Waals surface area contributed by atoms with Gasteiger partial charge in [0.2, 0.25) is 0 Å². The van der Waals surface area contributed by atoms with Crippen molar-refractivity contribution in [1.82, 2.24) is 15.1 Å². The number of esters is 1. The molecule has 0 radical (unpaired) electrons. The van der Waals surface area contributed by atoms with Gasteiger partial charge in [0.15, 0.2) is 12.3 Å². The number of aromatic nitrogens is 2. The highest BCUT2D eigenvalue weighted by Crippen LogP contribution is 2.16. The molecule has 0 saturated carbocycles. The smallest absolute Gasteiger partial charge is 0.359 e. The molecule has 3 aromatic rings. The third-order valence-corrected chi connectivity index (χ3v) is 4.29. The zero-order valence-electron chi connectivity index (χ0n) is 15.6. The number of nitrogens with zero attached hydrogens (tertiary/aromatic N) is 3. The van der Waals surface area contributed by atoms with E-state index in [0.29, 0.717) is 11.9 Å². The lowest BCUT2D eigenvalue weighted by molar-refractivity contribution is -0.133. The minimum absolute atomic E-state index is 0.181. The number of rotatable bonds is 6. The summed E-state index contributed by atoms with van der Waals surface area (Å²) in [6, 6.07) is 15.2. The zero-order valence-corrected chi connectivity index (χ0v) is 15.6. The fourth-order valence-electron chi connectivity index (χ4n) is 2.69. The maximum absolute atomic E-state index is 12.3. The fourth-order valence-corrected chi connectivity index (χ4v) is 2.69. The van der Waals surface area contributed by atoms with Crippen molar-refractivity contribution < 1.29 is 14.3 Å². The molecule has 1 heterocycles. The van der Waals surface area contributed by atoms with Crippen LogP contribution in [0, 0.1) is 0 Å². The normalized spacial score (nSPS) is 10.6. The summed E-state index contributed by atoms with van der Waals surface area (Å²) in [5, 5.41) is 7.43. The van der Waals surface area contributed by atoms with E-state index in [0.717, 1.165) is 16.8 Å². The number of carbonyl (C=O) groups is 2. The minimum Gasteiger partial charge on any atom is -0.451 e. The SMILES string of the molecule is CN(Cc1ccc(N(C)C)cc1)C(=O)COC(=O)c1n[nH]c2ccccc12. The average Bonchev–Trinajstić information content (AvgIpc) is 3.10. The number of fused-ring (bicyclic) bond motifs is 1. The van der Waals surface area contributed by atoms with Crippen LogP contribution < -0.4 is 4.90 Å². The van der Waals surface area contributed by atoms with Crippen LogP contribution in [0.5, 0.6) is 0 Å². The van der Waals surface area contributed by atoms with E-state index in [2.05, 4.69) is 10.2 Å². The van der Waals surface area contributed by atoms with Crippen molar-refractivity contribution in [1.29, 1.82) is 0 Å². The first kappa shape index (κ1) is 18.4. The van der Waals surface area contributed by atoms with Gasteiger partial charge >= 0.3 is 5.97 Å². The number of ether oxygens (including phenoxy) is 1. The molecule has 3 rings (SSSR count). The molecular weight excluding hydrogens is 344 g/mol. The molecule has 0 aliphatic heterocycles. The number of likely N-dealkylation sites (N-methyl/N-ethyl adjacent to an activating group) is 1. The maximum Gasteiger partial charge on any atom is 0.359 e. The first-order valence-electron chi connectivity index (χ1n) is 8.56. The van der Waals surface area contributed by atoms with Crippen molar-refractivity contribution in [2.45, 2.75) is 6.54 Å². The highest BCUT2D eigenvalue weighted by Gasteiger charge is 2.18. The van der Waals surface area contributed by atoms with Crippen LogP contribution in [-0.2, 0) is 16.1 Å². The molecular formula is C20H22N4O3. The van der Waals surface area contributed by atoms with Gasteiger partial charge in [-0.3, -0.25) is 9.89 Å². The van der Waals surface area contributed by atoms with Crippen molar-refractivity contribution in [3.8, 4) is 0 Å². The Bertz CT molecular complexity index is 947. The second-order valence-corrected chi connectivity index (χ2v) is 6.50. The Balaban J connectivity index is 1.56. The summed E-state index contributed by atoms with van der Waals surface area (Å²) in [6.07, 6.45) is 0. The Kier molecular flexibility index (Phi) is 5.40. The van der Waals surface area contributed by atoms with Gasteiger partial charge in [0, 0.05) is 38.8 Å². The third-order valence-electron chi connectivity index (χ3n) is 4.29. The third kappa shape index (κ3) is 4.25. The van der Waals surface area contributed by atoms with Gasteiger partial charge in [0.1, 0.15) is 0 Å². The molecule has 0 spiro atoms. The van der Waals surface area contributed by atoms with E-state index in [4.69, 9.17) is 4.74 Å². The summed E-state index contributed by atoms with van der Waals surface area (Å²) in [7, 11) is 5.63. The van der Waals surface area contributed by atoms with Crippen LogP contribution >= 0.6 is 0 Å². The van der Waals surface area contributed by atoms with Gasteiger partial charge < -0.3 is 14.5 Å². The van der Waals surface area contributed by atoms with Gasteiger partial charge in [-0.1, -0.05) is 30.3 Å². The van der Waals surface area contributed by atoms with Crippen molar-refractivity contribution in [2.75, 3.05) is 32.6 Å². The highest BCUT2D eigenvalue weighted by atomic mass is 16.5. The molecule has 0 saturated heterocycles. The summed E-state index contributed by atoms with van der Waals surface area (Å²) in [6.45, 7) is 0.113. The second-order valence-electron chi connectivity index (χ2n) is 6.50. The number of para-hydroxylation sites is 1. The summed E-state index contributed by atoms with van der Waals surface area (Å²) < 4.78 is 5.15. The van der Waals surface area contributed by atoms with E-state index in [-0.39, 0.29) is 18.2 Å². The van der Waals surface area contributed by atoms with E-state index in [1.54, 1.807) is 13.1 Å². The van der Waals surface area contributed by atoms with E-state index < -0.39 is 5.97 Å². The van der Waals surface area contributed by atoms with Gasteiger partial charge in [0.25, 0.3) is 5.91 Å². The van der Waals surface area contributed by atoms with Crippen molar-refractivity contribution in [3.63, 3.8) is 0 Å². The topological polar surface area (TPSA) is 78.5 Å². The van der Waals surface area contributed by atoms with Crippen molar-refractivity contribution >= 4 is 28.5 Å². The first-order chi connectivity index (χ1) is 13.0. The summed E-state index contributed by atoms with van der Waals surface area (Å²) in [4.78, 5) is 28.0. The van der Waals surface area contributed by atoms with Gasteiger partial charge in [-0.25, -0.2) is 4.79 Å². The molecule has 7 nitrogen and oxygen atoms in total. The first-order valence-corrected chi connectivity index (χ1v) is 8.56. The monoisotopic (exact) mass is 366 g/mol. The molecule has 1 amide bonds. The lowest BCUT2D eigenvalue weighted by Crippen LogP contribution is -2.30. The number of anilines is 1. The molecule has 27 heavy (non-hydrogen) atoms. The Morgan fingerprint density at radius 2 is 1.74 bits per heavy atom. The van der Waals surface area contributed by atoms with Crippen LogP contribution in [0.2, 0.25) is 0 Å². The van der Waals surface area contributed by atoms with Crippen LogP contribution in [0.15, 0.2) is 48.5 Å². The van der Waals surface area contributed by atoms with Crippen LogP contribution in [0.3, 0.4) is 0 Å². The molecule has 7 heteroatoms. The predicted octanol–water partition coefficient (Wildman–Crippen LogP) is 2.44. The van der Waals surface area contributed by atoms with Crippen molar-refractivity contribution in [3.05, 3.63) is 59.8 Å². The zero-order chi connectivity index (χ0) is 19.4. The number of carbonyl (C=O) groups excluding carboxylic acids is 2. The molecule has 0 aliphatic carbocycles. The second kappa shape index (κ2) is 7.90. The van der Waals surface area contributed by atoms with Crippen LogP contribution in [-0.4, -0.2) is 54.7 Å². The number of benzene rings is 2. The Labute approximate surface area is 157 Å². The van der Waals surface area contributed by atoms with Crippen molar-refractivity contribution in [2.24, 2.45) is 0 Å². The number of amides is 1. The number of aromatic amines is 1. The number of hydrogen-bond acceptors (Lipinski definition) is 5. The van der Waals surface area contributed by atoms with Crippen LogP contribution in [0.25, 0.3) is 10.9 Å². The summed E-state index contributed by atoms with van der Waals surface area (Å²) >= 11 is 0. The highest BCUT2D eigenvalue weighted by molar-refractivity contribution is 6.02. The predicted molar refractivity (Wildman–Crippen MR) is 104 cm³/mol.